The highest BCUT2D eigenvalue weighted by molar-refractivity contribution is 5.92. The van der Waals surface area contributed by atoms with Gasteiger partial charge in [0.1, 0.15) is 0 Å². The SMILES string of the molecule is CN(C(=O)C1(C)CCCCC1)[C@H](Cc1ccccn1)CN1CCN(c2cccc3[nH]ccc23)CC1. The van der Waals surface area contributed by atoms with E-state index < -0.39 is 0 Å². The van der Waals surface area contributed by atoms with E-state index >= 15 is 0 Å². The first-order valence-corrected chi connectivity index (χ1v) is 13.2. The lowest BCUT2D eigenvalue weighted by Crippen LogP contribution is -2.54. The van der Waals surface area contributed by atoms with Crippen molar-refractivity contribution in [2.75, 3.05) is 44.7 Å². The lowest BCUT2D eigenvalue weighted by atomic mass is 9.74. The quantitative estimate of drug-likeness (QED) is 0.539. The number of benzene rings is 1. The molecular weight excluding hydrogens is 434 g/mol. The number of likely N-dealkylation sites (N-methyl/N-ethyl adjacent to an activating group) is 1. The smallest absolute Gasteiger partial charge is 0.228 e. The first-order valence-electron chi connectivity index (χ1n) is 13.2. The van der Waals surface area contributed by atoms with Crippen LogP contribution in [0, 0.1) is 5.41 Å². The molecule has 1 N–H and O–H groups in total. The highest BCUT2D eigenvalue weighted by Crippen LogP contribution is 2.38. The van der Waals surface area contributed by atoms with Crippen molar-refractivity contribution in [2.45, 2.75) is 51.5 Å². The summed E-state index contributed by atoms with van der Waals surface area (Å²) in [5, 5.41) is 1.29. The second kappa shape index (κ2) is 10.4. The molecule has 1 aromatic carbocycles. The zero-order valence-corrected chi connectivity index (χ0v) is 21.2. The number of fused-ring (bicyclic) bond motifs is 1. The van der Waals surface area contributed by atoms with Crippen LogP contribution in [0.5, 0.6) is 0 Å². The lowest BCUT2D eigenvalue weighted by molar-refractivity contribution is -0.144. The monoisotopic (exact) mass is 473 g/mol. The number of carbonyl (C=O) groups excluding carboxylic acids is 1. The van der Waals surface area contributed by atoms with Gasteiger partial charge in [0, 0.05) is 92.3 Å². The summed E-state index contributed by atoms with van der Waals surface area (Å²) in [6.45, 7) is 7.06. The van der Waals surface area contributed by atoms with Crippen molar-refractivity contribution < 1.29 is 4.79 Å². The molecule has 1 saturated carbocycles. The number of pyridine rings is 1. The molecule has 35 heavy (non-hydrogen) atoms. The Hall–Kier alpha value is -2.86. The Morgan fingerprint density at radius 3 is 2.60 bits per heavy atom. The first kappa shape index (κ1) is 23.9. The topological polar surface area (TPSA) is 55.5 Å². The molecule has 3 heterocycles. The summed E-state index contributed by atoms with van der Waals surface area (Å²) in [6.07, 6.45) is 10.3. The Labute approximate surface area is 209 Å². The Morgan fingerprint density at radius 1 is 1.06 bits per heavy atom. The third-order valence-corrected chi connectivity index (χ3v) is 8.27. The lowest BCUT2D eigenvalue weighted by Gasteiger charge is -2.42. The number of hydrogen-bond donors (Lipinski definition) is 1. The fourth-order valence-electron chi connectivity index (χ4n) is 6.04. The van der Waals surface area contributed by atoms with Crippen LogP contribution in [0.4, 0.5) is 5.69 Å². The second-order valence-corrected chi connectivity index (χ2v) is 10.7. The van der Waals surface area contributed by atoms with Gasteiger partial charge in [0.05, 0.1) is 0 Å². The molecule has 186 valence electrons. The second-order valence-electron chi connectivity index (χ2n) is 10.7. The van der Waals surface area contributed by atoms with Crippen molar-refractivity contribution in [1.29, 1.82) is 0 Å². The molecule has 1 aliphatic heterocycles. The fourth-order valence-corrected chi connectivity index (χ4v) is 6.04. The molecule has 1 aliphatic carbocycles. The van der Waals surface area contributed by atoms with Gasteiger partial charge in [-0.1, -0.05) is 38.3 Å². The van der Waals surface area contributed by atoms with E-state index in [0.717, 1.165) is 70.5 Å². The number of carbonyl (C=O) groups is 1. The summed E-state index contributed by atoms with van der Waals surface area (Å²) in [7, 11) is 2.03. The first-order chi connectivity index (χ1) is 17.0. The van der Waals surface area contributed by atoms with Crippen molar-refractivity contribution in [1.82, 2.24) is 19.8 Å². The van der Waals surface area contributed by atoms with Gasteiger partial charge in [0.15, 0.2) is 0 Å². The number of H-pyrrole nitrogens is 1. The molecule has 0 spiro atoms. The normalized spacial score (nSPS) is 19.5. The van der Waals surface area contributed by atoms with Crippen LogP contribution < -0.4 is 4.90 Å². The van der Waals surface area contributed by atoms with Crippen molar-refractivity contribution >= 4 is 22.5 Å². The highest BCUT2D eigenvalue weighted by atomic mass is 16.2. The molecule has 3 aromatic rings. The average Bonchev–Trinajstić information content (AvgIpc) is 3.38. The van der Waals surface area contributed by atoms with E-state index in [0.29, 0.717) is 5.91 Å². The molecular formula is C29H39N5O. The number of aromatic amines is 1. The third kappa shape index (κ3) is 5.22. The van der Waals surface area contributed by atoms with Gasteiger partial charge in [-0.15, -0.1) is 0 Å². The van der Waals surface area contributed by atoms with Crippen molar-refractivity contribution in [3.63, 3.8) is 0 Å². The van der Waals surface area contributed by atoms with E-state index in [-0.39, 0.29) is 11.5 Å². The zero-order valence-electron chi connectivity index (χ0n) is 21.2. The van der Waals surface area contributed by atoms with Gasteiger partial charge in [0.2, 0.25) is 5.91 Å². The largest absolute Gasteiger partial charge is 0.368 e. The molecule has 0 unspecified atom stereocenters. The van der Waals surface area contributed by atoms with Crippen LogP contribution in [0.15, 0.2) is 54.9 Å². The zero-order chi connectivity index (χ0) is 24.3. The van der Waals surface area contributed by atoms with Crippen LogP contribution in [-0.2, 0) is 11.2 Å². The van der Waals surface area contributed by atoms with Gasteiger partial charge >= 0.3 is 0 Å². The number of hydrogen-bond acceptors (Lipinski definition) is 4. The molecule has 5 rings (SSSR count). The van der Waals surface area contributed by atoms with Gasteiger partial charge in [0.25, 0.3) is 0 Å². The van der Waals surface area contributed by atoms with E-state index in [1.165, 1.54) is 23.0 Å². The van der Waals surface area contributed by atoms with Crippen LogP contribution in [-0.4, -0.2) is 71.5 Å². The number of anilines is 1. The number of nitrogens with zero attached hydrogens (tertiary/aromatic N) is 4. The van der Waals surface area contributed by atoms with E-state index in [1.54, 1.807) is 0 Å². The van der Waals surface area contributed by atoms with E-state index in [1.807, 2.05) is 31.6 Å². The van der Waals surface area contributed by atoms with E-state index in [4.69, 9.17) is 0 Å². The maximum Gasteiger partial charge on any atom is 0.228 e. The fraction of sp³-hybridized carbons (Fsp3) is 0.517. The van der Waals surface area contributed by atoms with Crippen LogP contribution in [0.1, 0.15) is 44.7 Å². The van der Waals surface area contributed by atoms with Gasteiger partial charge in [-0.05, 0) is 43.2 Å². The molecule has 6 heteroatoms. The minimum Gasteiger partial charge on any atom is -0.368 e. The highest BCUT2D eigenvalue weighted by Gasteiger charge is 2.39. The predicted octanol–water partition coefficient (Wildman–Crippen LogP) is 4.73. The Balaban J connectivity index is 1.27. The average molecular weight is 474 g/mol. The van der Waals surface area contributed by atoms with Crippen LogP contribution in [0.3, 0.4) is 0 Å². The van der Waals surface area contributed by atoms with Crippen molar-refractivity contribution in [3.05, 3.63) is 60.6 Å². The maximum atomic E-state index is 13.7. The molecule has 0 radical (unpaired) electrons. The van der Waals surface area contributed by atoms with Crippen LogP contribution in [0.25, 0.3) is 10.9 Å². The molecule has 2 aromatic heterocycles. The summed E-state index contributed by atoms with van der Waals surface area (Å²) in [5.41, 5.74) is 3.34. The van der Waals surface area contributed by atoms with Gasteiger partial charge in [-0.2, -0.15) is 0 Å². The predicted molar refractivity (Wildman–Crippen MR) is 143 cm³/mol. The molecule has 6 nitrogen and oxygen atoms in total. The standard InChI is InChI=1S/C29H39N5O/c1-29(13-5-3-6-14-29)28(35)32(2)24(21-23-9-4-7-15-30-23)22-33-17-19-34(20-18-33)27-11-8-10-26-25(27)12-16-31-26/h4,7-12,15-16,24,31H,3,5-6,13-14,17-22H2,1-2H3/t24-/m1/s1. The van der Waals surface area contributed by atoms with Crippen LogP contribution in [0.2, 0.25) is 0 Å². The summed E-state index contributed by atoms with van der Waals surface area (Å²) < 4.78 is 0. The Morgan fingerprint density at radius 2 is 1.86 bits per heavy atom. The summed E-state index contributed by atoms with van der Waals surface area (Å²) in [6, 6.07) is 14.9. The molecule has 1 amide bonds. The van der Waals surface area contributed by atoms with E-state index in [9.17, 15) is 4.79 Å². The summed E-state index contributed by atoms with van der Waals surface area (Å²) in [5.74, 6) is 0.316. The number of rotatable bonds is 7. The van der Waals surface area contributed by atoms with Gasteiger partial charge < -0.3 is 14.8 Å². The molecule has 2 fully saturated rings. The third-order valence-electron chi connectivity index (χ3n) is 8.27. The summed E-state index contributed by atoms with van der Waals surface area (Å²) >= 11 is 0. The number of nitrogens with one attached hydrogen (secondary N) is 1. The molecule has 1 saturated heterocycles. The van der Waals surface area contributed by atoms with E-state index in [2.05, 4.69) is 61.9 Å². The van der Waals surface area contributed by atoms with Crippen molar-refractivity contribution in [2.24, 2.45) is 5.41 Å². The molecule has 1 atom stereocenters. The number of amides is 1. The minimum atomic E-state index is -0.219. The summed E-state index contributed by atoms with van der Waals surface area (Å²) in [4.78, 5) is 28.7. The van der Waals surface area contributed by atoms with Gasteiger partial charge in [-0.3, -0.25) is 14.7 Å². The van der Waals surface area contributed by atoms with Crippen molar-refractivity contribution in [3.8, 4) is 0 Å². The Bertz CT molecular complexity index is 1110. The molecule has 0 bridgehead atoms. The van der Waals surface area contributed by atoms with Crippen LogP contribution >= 0.6 is 0 Å². The number of aromatic nitrogens is 2. The number of piperazine rings is 1. The maximum absolute atomic E-state index is 13.7. The van der Waals surface area contributed by atoms with Gasteiger partial charge in [-0.25, -0.2) is 0 Å². The molecule has 2 aliphatic rings. The Kier molecular flexibility index (Phi) is 7.09. The minimum absolute atomic E-state index is 0.121.